The fourth-order valence-electron chi connectivity index (χ4n) is 5.86. The minimum absolute atomic E-state index is 0.147. The summed E-state index contributed by atoms with van der Waals surface area (Å²) in [6, 6.07) is 0. The Balaban J connectivity index is 1.73. The summed E-state index contributed by atoms with van der Waals surface area (Å²) >= 11 is 0. The molecule has 7 atom stereocenters. The lowest BCUT2D eigenvalue weighted by atomic mass is 9.64. The summed E-state index contributed by atoms with van der Waals surface area (Å²) in [5.41, 5.74) is 0.544. The molecule has 0 bridgehead atoms. The summed E-state index contributed by atoms with van der Waals surface area (Å²) in [5.74, 6) is -2.15. The van der Waals surface area contributed by atoms with E-state index in [1.165, 1.54) is 0 Å². The van der Waals surface area contributed by atoms with Crippen molar-refractivity contribution in [2.24, 2.45) is 17.3 Å². The number of ether oxygens (including phenoxy) is 6. The van der Waals surface area contributed by atoms with Crippen molar-refractivity contribution in [3.63, 3.8) is 0 Å². The average molecular weight is 411 g/mol. The van der Waals surface area contributed by atoms with Crippen molar-refractivity contribution in [1.29, 1.82) is 0 Å². The van der Waals surface area contributed by atoms with Crippen molar-refractivity contribution >= 4 is 5.97 Å². The van der Waals surface area contributed by atoms with Gasteiger partial charge in [0.15, 0.2) is 17.9 Å². The molecule has 0 aromatic heterocycles. The first-order chi connectivity index (χ1) is 13.5. The third kappa shape index (κ3) is 3.35. The molecule has 3 saturated heterocycles. The number of esters is 1. The van der Waals surface area contributed by atoms with Crippen LogP contribution in [-0.4, -0.2) is 55.4 Å². The van der Waals surface area contributed by atoms with Gasteiger partial charge in [-0.25, -0.2) is 0 Å². The molecule has 3 heterocycles. The molecule has 4 aliphatic rings. The Hall–Kier alpha value is -0.990. The van der Waals surface area contributed by atoms with Gasteiger partial charge in [-0.2, -0.15) is 0 Å². The Labute approximate surface area is 173 Å². The summed E-state index contributed by atoms with van der Waals surface area (Å²) in [6.07, 6.45) is 0.190. The van der Waals surface area contributed by atoms with E-state index in [2.05, 4.69) is 6.58 Å². The molecule has 0 amide bonds. The second kappa shape index (κ2) is 7.02. The third-order valence-corrected chi connectivity index (χ3v) is 6.82. The number of carbonyl (C=O) groups is 1. The number of allylic oxidation sites excluding steroid dienone is 1. The van der Waals surface area contributed by atoms with Crippen LogP contribution in [-0.2, 0) is 33.2 Å². The fraction of sp³-hybridized carbons (Fsp3) is 0.864. The van der Waals surface area contributed by atoms with Crippen molar-refractivity contribution in [1.82, 2.24) is 0 Å². The lowest BCUT2D eigenvalue weighted by Crippen LogP contribution is -2.53. The summed E-state index contributed by atoms with van der Waals surface area (Å²) in [5, 5.41) is 0. The largest absolute Gasteiger partial charge is 0.466 e. The van der Waals surface area contributed by atoms with Crippen LogP contribution in [0.25, 0.3) is 0 Å². The highest BCUT2D eigenvalue weighted by Crippen LogP contribution is 2.63. The van der Waals surface area contributed by atoms with Gasteiger partial charge < -0.3 is 28.4 Å². The minimum atomic E-state index is -0.749. The number of hydrogen-bond donors (Lipinski definition) is 0. The van der Waals surface area contributed by atoms with Crippen LogP contribution in [0.1, 0.15) is 54.4 Å². The Kier molecular flexibility index (Phi) is 5.15. The lowest BCUT2D eigenvalue weighted by molar-refractivity contribution is -0.241. The van der Waals surface area contributed by atoms with E-state index in [-0.39, 0.29) is 36.1 Å². The van der Waals surface area contributed by atoms with Crippen LogP contribution in [0.5, 0.6) is 0 Å². The molecular formula is C22H34O7. The van der Waals surface area contributed by atoms with Gasteiger partial charge in [0.05, 0.1) is 25.2 Å². The van der Waals surface area contributed by atoms with Gasteiger partial charge in [0.1, 0.15) is 12.2 Å². The predicted octanol–water partition coefficient (Wildman–Crippen LogP) is 3.17. The van der Waals surface area contributed by atoms with Crippen molar-refractivity contribution in [3.8, 4) is 0 Å². The first-order valence-electron chi connectivity index (χ1n) is 10.7. The Morgan fingerprint density at radius 2 is 1.90 bits per heavy atom. The van der Waals surface area contributed by atoms with Crippen LogP contribution in [0.15, 0.2) is 12.2 Å². The minimum Gasteiger partial charge on any atom is -0.466 e. The molecule has 3 aliphatic heterocycles. The van der Waals surface area contributed by atoms with Crippen molar-refractivity contribution in [3.05, 3.63) is 12.2 Å². The zero-order valence-corrected chi connectivity index (χ0v) is 18.4. The average Bonchev–Trinajstić information content (AvgIpc) is 3.31. The molecule has 1 spiro atoms. The van der Waals surface area contributed by atoms with Gasteiger partial charge >= 0.3 is 5.97 Å². The van der Waals surface area contributed by atoms with Crippen molar-refractivity contribution < 1.29 is 33.2 Å². The van der Waals surface area contributed by atoms with Crippen molar-refractivity contribution in [2.75, 3.05) is 13.2 Å². The maximum atomic E-state index is 12.7. The summed E-state index contributed by atoms with van der Waals surface area (Å²) in [7, 11) is 0. The quantitative estimate of drug-likeness (QED) is 0.521. The second-order valence-corrected chi connectivity index (χ2v) is 9.64. The zero-order chi connectivity index (χ0) is 21.2. The van der Waals surface area contributed by atoms with Gasteiger partial charge in [0, 0.05) is 11.3 Å². The Morgan fingerprint density at radius 1 is 1.17 bits per heavy atom. The third-order valence-electron chi connectivity index (χ3n) is 6.82. The van der Waals surface area contributed by atoms with Gasteiger partial charge in [-0.3, -0.25) is 4.79 Å². The fourth-order valence-corrected chi connectivity index (χ4v) is 5.86. The van der Waals surface area contributed by atoms with Crippen LogP contribution in [0.4, 0.5) is 0 Å². The molecule has 4 fully saturated rings. The SMILES string of the molecule is C=C1CC[C@]2([C@@H]([C@H]3COC(C)(C)O3)O[C@@H]3OC(C)(C)O[C@@H]32)[C@@H]1[C@H](C)C(=O)OCC. The molecule has 7 heteroatoms. The van der Waals surface area contributed by atoms with Gasteiger partial charge in [0.2, 0.25) is 0 Å². The molecule has 4 rings (SSSR count). The van der Waals surface area contributed by atoms with Crippen LogP contribution in [0, 0.1) is 17.3 Å². The number of hydrogen-bond acceptors (Lipinski definition) is 7. The van der Waals surface area contributed by atoms with Crippen molar-refractivity contribution in [2.45, 2.75) is 90.6 Å². The highest BCUT2D eigenvalue weighted by molar-refractivity contribution is 5.73. The smallest absolute Gasteiger partial charge is 0.309 e. The highest BCUT2D eigenvalue weighted by atomic mass is 16.8. The van der Waals surface area contributed by atoms with Gasteiger partial charge in [0.25, 0.3) is 0 Å². The maximum absolute atomic E-state index is 12.7. The molecule has 7 nitrogen and oxygen atoms in total. The van der Waals surface area contributed by atoms with E-state index >= 15 is 0 Å². The molecule has 1 saturated carbocycles. The predicted molar refractivity (Wildman–Crippen MR) is 104 cm³/mol. The first-order valence-corrected chi connectivity index (χ1v) is 10.7. The highest BCUT2D eigenvalue weighted by Gasteiger charge is 2.71. The van der Waals surface area contributed by atoms with E-state index < -0.39 is 23.3 Å². The van der Waals surface area contributed by atoms with Crippen LogP contribution >= 0.6 is 0 Å². The lowest BCUT2D eigenvalue weighted by Gasteiger charge is -2.43. The van der Waals surface area contributed by atoms with E-state index in [0.717, 1.165) is 18.4 Å². The molecule has 0 N–H and O–H groups in total. The molecule has 0 unspecified atom stereocenters. The van der Waals surface area contributed by atoms with E-state index in [4.69, 9.17) is 28.4 Å². The summed E-state index contributed by atoms with van der Waals surface area (Å²) in [6.45, 7) is 16.4. The maximum Gasteiger partial charge on any atom is 0.309 e. The van der Waals surface area contributed by atoms with Crippen LogP contribution in [0.2, 0.25) is 0 Å². The number of rotatable bonds is 4. The summed E-state index contributed by atoms with van der Waals surface area (Å²) < 4.78 is 36.3. The Bertz CT molecular complexity index is 687. The first kappa shape index (κ1) is 21.2. The molecule has 29 heavy (non-hydrogen) atoms. The monoisotopic (exact) mass is 410 g/mol. The number of carbonyl (C=O) groups excluding carboxylic acids is 1. The normalized spacial score (nSPS) is 43.7. The van der Waals surface area contributed by atoms with Crippen LogP contribution < -0.4 is 0 Å². The Morgan fingerprint density at radius 3 is 2.52 bits per heavy atom. The van der Waals surface area contributed by atoms with Crippen LogP contribution in [0.3, 0.4) is 0 Å². The molecule has 0 radical (unpaired) electrons. The molecule has 1 aliphatic carbocycles. The zero-order valence-electron chi connectivity index (χ0n) is 18.4. The number of fused-ring (bicyclic) bond motifs is 2. The van der Waals surface area contributed by atoms with Gasteiger partial charge in [-0.15, -0.1) is 0 Å². The molecule has 0 aromatic carbocycles. The summed E-state index contributed by atoms with van der Waals surface area (Å²) in [4.78, 5) is 12.7. The van der Waals surface area contributed by atoms with Gasteiger partial charge in [-0.05, 0) is 47.5 Å². The molecule has 164 valence electrons. The molecular weight excluding hydrogens is 376 g/mol. The standard InChI is InChI=1S/C22H34O7/c1-8-24-18(23)13(3)15-12(2)9-10-22(15)16(14-11-25-20(4,5)27-14)26-19-17(22)28-21(6,7)29-19/h13-17,19H,2,8-11H2,1,3-7H3/t13-,14+,15-,16+,17-,19+,22+/m0/s1. The second-order valence-electron chi connectivity index (χ2n) is 9.64. The van der Waals surface area contributed by atoms with E-state index in [1.54, 1.807) is 0 Å². The van der Waals surface area contributed by atoms with E-state index in [0.29, 0.717) is 13.2 Å². The topological polar surface area (TPSA) is 72.5 Å². The van der Waals surface area contributed by atoms with Gasteiger partial charge in [-0.1, -0.05) is 19.1 Å². The molecule has 0 aromatic rings. The van der Waals surface area contributed by atoms with E-state index in [1.807, 2.05) is 41.5 Å². The van der Waals surface area contributed by atoms with E-state index in [9.17, 15) is 4.79 Å².